The average Bonchev–Trinajstić information content (AvgIpc) is 2.92. The fraction of sp³-hybridized carbons (Fsp3) is 0.312. The summed E-state index contributed by atoms with van der Waals surface area (Å²) in [5.74, 6) is -0.605. The summed E-state index contributed by atoms with van der Waals surface area (Å²) in [5, 5.41) is 3.53. The maximum absolute atomic E-state index is 12.8. The molecule has 22 heavy (non-hydrogen) atoms. The van der Waals surface area contributed by atoms with E-state index in [-0.39, 0.29) is 12.1 Å². The minimum absolute atomic E-state index is 0.0469. The van der Waals surface area contributed by atoms with E-state index in [1.54, 1.807) is 35.0 Å². The molecule has 0 radical (unpaired) electrons. The number of benzene rings is 1. The van der Waals surface area contributed by atoms with Gasteiger partial charge in [-0.2, -0.15) is 24.5 Å². The third kappa shape index (κ3) is 4.34. The van der Waals surface area contributed by atoms with Crippen LogP contribution in [0.5, 0.6) is 0 Å². The number of hydrogen-bond acceptors (Lipinski definition) is 2. The van der Waals surface area contributed by atoms with E-state index in [2.05, 4.69) is 0 Å². The summed E-state index contributed by atoms with van der Waals surface area (Å²) in [6.07, 6.45) is -4.43. The van der Waals surface area contributed by atoms with Crippen LogP contribution < -0.4 is 0 Å². The molecule has 0 saturated carbocycles. The number of rotatable bonds is 4. The molecule has 1 aromatic heterocycles. The first-order chi connectivity index (χ1) is 10.3. The van der Waals surface area contributed by atoms with Crippen molar-refractivity contribution in [2.24, 2.45) is 0 Å². The lowest BCUT2D eigenvalue weighted by atomic mass is 10.1. The van der Waals surface area contributed by atoms with Gasteiger partial charge in [0.1, 0.15) is 6.54 Å². The highest BCUT2D eigenvalue weighted by Gasteiger charge is 2.33. The van der Waals surface area contributed by atoms with Crippen LogP contribution in [0.3, 0.4) is 0 Å². The molecule has 0 spiro atoms. The zero-order chi connectivity index (χ0) is 16.3. The topological polar surface area (TPSA) is 20.3 Å². The summed E-state index contributed by atoms with van der Waals surface area (Å²) < 4.78 is 38.3. The van der Waals surface area contributed by atoms with Crippen molar-refractivity contribution in [1.82, 2.24) is 4.90 Å². The van der Waals surface area contributed by atoms with Crippen LogP contribution in [-0.4, -0.2) is 23.5 Å². The zero-order valence-corrected chi connectivity index (χ0v) is 13.1. The van der Waals surface area contributed by atoms with Crippen LogP contribution in [0.2, 0.25) is 0 Å². The van der Waals surface area contributed by atoms with Gasteiger partial charge in [0.05, 0.1) is 0 Å². The molecule has 0 atom stereocenters. The van der Waals surface area contributed by atoms with Crippen LogP contribution >= 0.6 is 11.3 Å². The van der Waals surface area contributed by atoms with Crippen LogP contribution in [0.4, 0.5) is 13.2 Å². The molecule has 0 saturated heterocycles. The number of aryl methyl sites for hydroxylation is 2. The molecule has 1 heterocycles. The molecule has 118 valence electrons. The molecule has 0 aliphatic carbocycles. The van der Waals surface area contributed by atoms with Gasteiger partial charge in [-0.15, -0.1) is 0 Å². The quantitative estimate of drug-likeness (QED) is 0.805. The molecular weight excluding hydrogens is 311 g/mol. The minimum atomic E-state index is -4.43. The van der Waals surface area contributed by atoms with Crippen LogP contribution in [0.25, 0.3) is 0 Å². The van der Waals surface area contributed by atoms with Gasteiger partial charge in [0.15, 0.2) is 0 Å². The van der Waals surface area contributed by atoms with Crippen molar-refractivity contribution in [3.8, 4) is 0 Å². The Morgan fingerprint density at radius 2 is 1.91 bits per heavy atom. The van der Waals surface area contributed by atoms with Gasteiger partial charge < -0.3 is 4.90 Å². The normalized spacial score (nSPS) is 11.5. The van der Waals surface area contributed by atoms with Gasteiger partial charge in [-0.3, -0.25) is 4.79 Å². The number of amides is 1. The molecule has 2 rings (SSSR count). The maximum Gasteiger partial charge on any atom is 0.406 e. The Balaban J connectivity index is 2.26. The monoisotopic (exact) mass is 327 g/mol. The fourth-order valence-corrected chi connectivity index (χ4v) is 2.74. The van der Waals surface area contributed by atoms with Gasteiger partial charge in [0, 0.05) is 12.1 Å². The summed E-state index contributed by atoms with van der Waals surface area (Å²) in [4.78, 5) is 13.3. The molecule has 2 nitrogen and oxygen atoms in total. The predicted octanol–water partition coefficient (Wildman–Crippen LogP) is 4.57. The molecule has 0 aliphatic rings. The van der Waals surface area contributed by atoms with E-state index in [4.69, 9.17) is 0 Å². The molecule has 0 unspecified atom stereocenters. The average molecular weight is 327 g/mol. The van der Waals surface area contributed by atoms with E-state index in [0.29, 0.717) is 5.56 Å². The number of nitrogens with zero attached hydrogens (tertiary/aromatic N) is 1. The highest BCUT2D eigenvalue weighted by atomic mass is 32.1. The first-order valence-electron chi connectivity index (χ1n) is 6.70. The summed E-state index contributed by atoms with van der Waals surface area (Å²) in [5.41, 5.74) is 2.86. The van der Waals surface area contributed by atoms with E-state index < -0.39 is 18.6 Å². The lowest BCUT2D eigenvalue weighted by Crippen LogP contribution is -2.38. The molecule has 0 bridgehead atoms. The summed E-state index contributed by atoms with van der Waals surface area (Å²) >= 11 is 1.39. The van der Waals surface area contributed by atoms with Crippen molar-refractivity contribution in [2.75, 3.05) is 6.54 Å². The van der Waals surface area contributed by atoms with Gasteiger partial charge in [-0.25, -0.2) is 0 Å². The minimum Gasteiger partial charge on any atom is -0.325 e. The number of carbonyl (C=O) groups excluding carboxylic acids is 1. The highest BCUT2D eigenvalue weighted by Crippen LogP contribution is 2.21. The number of hydrogen-bond donors (Lipinski definition) is 0. The van der Waals surface area contributed by atoms with Gasteiger partial charge in [0.2, 0.25) is 0 Å². The van der Waals surface area contributed by atoms with Crippen LogP contribution in [0.15, 0.2) is 35.0 Å². The molecule has 0 fully saturated rings. The Bertz CT molecular complexity index is 650. The maximum atomic E-state index is 12.8. The van der Waals surface area contributed by atoms with Gasteiger partial charge in [0.25, 0.3) is 5.91 Å². The fourth-order valence-electron chi connectivity index (χ4n) is 2.08. The lowest BCUT2D eigenvalue weighted by molar-refractivity contribution is -0.141. The Kier molecular flexibility index (Phi) is 4.90. The van der Waals surface area contributed by atoms with Crippen LogP contribution in [0, 0.1) is 13.8 Å². The standard InChI is InChI=1S/C16H16F3NOS/c1-11-3-4-14(7-12(11)2)15(21)20(10-16(17,18)19)8-13-5-6-22-9-13/h3-7,9H,8,10H2,1-2H3. The Morgan fingerprint density at radius 3 is 2.45 bits per heavy atom. The predicted molar refractivity (Wildman–Crippen MR) is 81.0 cm³/mol. The Labute approximate surface area is 131 Å². The van der Waals surface area contributed by atoms with Crippen LogP contribution in [0.1, 0.15) is 27.0 Å². The zero-order valence-electron chi connectivity index (χ0n) is 12.3. The van der Waals surface area contributed by atoms with Gasteiger partial charge in [-0.05, 0) is 59.5 Å². The van der Waals surface area contributed by atoms with E-state index in [1.807, 2.05) is 13.8 Å². The summed E-state index contributed by atoms with van der Waals surface area (Å²) in [7, 11) is 0. The number of halogens is 3. The second kappa shape index (κ2) is 6.52. The van der Waals surface area contributed by atoms with E-state index >= 15 is 0 Å². The molecule has 0 N–H and O–H groups in total. The molecule has 1 amide bonds. The lowest BCUT2D eigenvalue weighted by Gasteiger charge is -2.24. The smallest absolute Gasteiger partial charge is 0.325 e. The third-order valence-corrected chi connectivity index (χ3v) is 4.10. The third-order valence-electron chi connectivity index (χ3n) is 3.36. The highest BCUT2D eigenvalue weighted by molar-refractivity contribution is 7.07. The van der Waals surface area contributed by atoms with Crippen molar-refractivity contribution in [2.45, 2.75) is 26.6 Å². The second-order valence-corrected chi connectivity index (χ2v) is 5.99. The van der Waals surface area contributed by atoms with Crippen molar-refractivity contribution in [3.05, 3.63) is 57.3 Å². The molecule has 6 heteroatoms. The van der Waals surface area contributed by atoms with Crippen molar-refractivity contribution >= 4 is 17.2 Å². The number of thiophene rings is 1. The van der Waals surface area contributed by atoms with Crippen molar-refractivity contribution in [3.63, 3.8) is 0 Å². The SMILES string of the molecule is Cc1ccc(C(=O)N(Cc2ccsc2)CC(F)(F)F)cc1C. The van der Waals surface area contributed by atoms with E-state index in [0.717, 1.165) is 16.0 Å². The van der Waals surface area contributed by atoms with Crippen LogP contribution in [-0.2, 0) is 6.54 Å². The first kappa shape index (κ1) is 16.5. The summed E-state index contributed by atoms with van der Waals surface area (Å²) in [6, 6.07) is 6.68. The molecular formula is C16H16F3NOS. The molecule has 0 aliphatic heterocycles. The second-order valence-electron chi connectivity index (χ2n) is 5.21. The molecule has 2 aromatic rings. The van der Waals surface area contributed by atoms with E-state index in [1.165, 1.54) is 11.3 Å². The van der Waals surface area contributed by atoms with Crippen molar-refractivity contribution < 1.29 is 18.0 Å². The first-order valence-corrected chi connectivity index (χ1v) is 7.65. The molecule has 1 aromatic carbocycles. The van der Waals surface area contributed by atoms with E-state index in [9.17, 15) is 18.0 Å². The Morgan fingerprint density at radius 1 is 1.18 bits per heavy atom. The summed E-state index contributed by atoms with van der Waals surface area (Å²) in [6.45, 7) is 2.42. The van der Waals surface area contributed by atoms with Crippen molar-refractivity contribution in [1.29, 1.82) is 0 Å². The Hall–Kier alpha value is -1.82. The van der Waals surface area contributed by atoms with Gasteiger partial charge >= 0.3 is 6.18 Å². The largest absolute Gasteiger partial charge is 0.406 e. The number of alkyl halides is 3. The van der Waals surface area contributed by atoms with Gasteiger partial charge in [-0.1, -0.05) is 6.07 Å². The number of carbonyl (C=O) groups is 1.